The molecule has 2 aromatic rings. The number of rotatable bonds is 7. The van der Waals surface area contributed by atoms with Crippen molar-refractivity contribution in [2.24, 2.45) is 0 Å². The molecule has 0 aliphatic heterocycles. The highest BCUT2D eigenvalue weighted by molar-refractivity contribution is 7.91. The Kier molecular flexibility index (Phi) is 5.99. The van der Waals surface area contributed by atoms with Crippen molar-refractivity contribution >= 4 is 15.7 Å². The molecule has 0 fully saturated rings. The van der Waals surface area contributed by atoms with Gasteiger partial charge in [-0.15, -0.1) is 0 Å². The van der Waals surface area contributed by atoms with Crippen LogP contribution in [-0.4, -0.2) is 32.4 Å². The average molecular weight is 360 g/mol. The number of amides is 1. The van der Waals surface area contributed by atoms with Gasteiger partial charge in [0.05, 0.1) is 29.8 Å². The van der Waals surface area contributed by atoms with E-state index in [1.807, 2.05) is 30.3 Å². The Balaban J connectivity index is 2.36. The number of hydrogen-bond acceptors (Lipinski definition) is 5. The van der Waals surface area contributed by atoms with E-state index in [1.165, 1.54) is 0 Å². The van der Waals surface area contributed by atoms with Crippen molar-refractivity contribution in [1.29, 1.82) is 5.26 Å². The van der Waals surface area contributed by atoms with Gasteiger partial charge in [-0.1, -0.05) is 24.3 Å². The number of benzene rings is 1. The molecule has 2 atom stereocenters. The molecule has 0 saturated heterocycles. The van der Waals surface area contributed by atoms with Crippen LogP contribution in [0, 0.1) is 11.3 Å². The van der Waals surface area contributed by atoms with Gasteiger partial charge in [-0.25, -0.2) is 8.42 Å². The third kappa shape index (κ3) is 4.94. The van der Waals surface area contributed by atoms with Gasteiger partial charge < -0.3 is 9.73 Å². The fraction of sp³-hybridized carbons (Fsp3) is 0.333. The summed E-state index contributed by atoms with van der Waals surface area (Å²) in [6.07, 6.45) is 4.46. The second-order valence-corrected chi connectivity index (χ2v) is 8.41. The Morgan fingerprint density at radius 1 is 1.32 bits per heavy atom. The van der Waals surface area contributed by atoms with Gasteiger partial charge in [-0.05, 0) is 30.5 Å². The number of carbonyl (C=O) groups is 1. The standard InChI is InChI=1S/C18H20N2O4S/c1-13(25(2,22)23)10-17(18(21)20-8-7-19)15-5-3-4-14(11-15)16-6-9-24-12-16/h3-6,9,11-13,17H,8,10H2,1-2H3,(H,20,21). The number of furan rings is 1. The van der Waals surface area contributed by atoms with E-state index in [4.69, 9.17) is 9.68 Å². The first-order valence-electron chi connectivity index (χ1n) is 7.79. The van der Waals surface area contributed by atoms with E-state index in [0.717, 1.165) is 17.4 Å². The fourth-order valence-corrected chi connectivity index (χ4v) is 3.06. The van der Waals surface area contributed by atoms with Gasteiger partial charge >= 0.3 is 0 Å². The molecule has 0 bridgehead atoms. The number of nitriles is 1. The summed E-state index contributed by atoms with van der Waals surface area (Å²) in [5.41, 5.74) is 2.44. The van der Waals surface area contributed by atoms with Crippen molar-refractivity contribution in [2.45, 2.75) is 24.5 Å². The Morgan fingerprint density at radius 2 is 2.08 bits per heavy atom. The summed E-state index contributed by atoms with van der Waals surface area (Å²) in [7, 11) is -3.27. The van der Waals surface area contributed by atoms with Gasteiger partial charge in [0.15, 0.2) is 0 Å². The molecule has 1 aromatic heterocycles. The second kappa shape index (κ2) is 7.99. The molecule has 0 saturated carbocycles. The van der Waals surface area contributed by atoms with Gasteiger partial charge in [-0.3, -0.25) is 4.79 Å². The molecule has 0 aliphatic rings. The molecular weight excluding hydrogens is 340 g/mol. The lowest BCUT2D eigenvalue weighted by Gasteiger charge is -2.20. The van der Waals surface area contributed by atoms with Crippen LogP contribution < -0.4 is 5.32 Å². The first kappa shape index (κ1) is 18.7. The van der Waals surface area contributed by atoms with Crippen molar-refractivity contribution in [2.75, 3.05) is 12.8 Å². The maximum atomic E-state index is 12.5. The SMILES string of the molecule is CC(CC(C(=O)NCC#N)c1cccc(-c2ccoc2)c1)S(C)(=O)=O. The summed E-state index contributed by atoms with van der Waals surface area (Å²) in [4.78, 5) is 12.5. The Labute approximate surface area is 147 Å². The molecule has 1 heterocycles. The molecule has 0 aliphatic carbocycles. The highest BCUT2D eigenvalue weighted by Gasteiger charge is 2.27. The molecule has 6 nitrogen and oxygen atoms in total. The topological polar surface area (TPSA) is 100 Å². The smallest absolute Gasteiger partial charge is 0.228 e. The maximum Gasteiger partial charge on any atom is 0.228 e. The maximum absolute atomic E-state index is 12.5. The van der Waals surface area contributed by atoms with Crippen LogP contribution in [0.4, 0.5) is 0 Å². The van der Waals surface area contributed by atoms with Gasteiger partial charge in [0, 0.05) is 11.8 Å². The van der Waals surface area contributed by atoms with Crippen LogP contribution in [0.2, 0.25) is 0 Å². The van der Waals surface area contributed by atoms with Gasteiger partial charge in [0.25, 0.3) is 0 Å². The van der Waals surface area contributed by atoms with Crippen molar-refractivity contribution < 1.29 is 17.6 Å². The van der Waals surface area contributed by atoms with E-state index in [0.29, 0.717) is 5.56 Å². The van der Waals surface area contributed by atoms with Crippen LogP contribution in [0.5, 0.6) is 0 Å². The van der Waals surface area contributed by atoms with Crippen LogP contribution in [0.15, 0.2) is 47.3 Å². The molecule has 2 unspecified atom stereocenters. The third-order valence-corrected chi connectivity index (χ3v) is 5.75. The first-order chi connectivity index (χ1) is 11.8. The quantitative estimate of drug-likeness (QED) is 0.765. The Morgan fingerprint density at radius 3 is 2.68 bits per heavy atom. The number of hydrogen-bond donors (Lipinski definition) is 1. The van der Waals surface area contributed by atoms with Crippen molar-refractivity contribution in [3.63, 3.8) is 0 Å². The van der Waals surface area contributed by atoms with E-state index < -0.39 is 21.0 Å². The van der Waals surface area contributed by atoms with E-state index in [2.05, 4.69) is 5.32 Å². The number of sulfone groups is 1. The molecule has 7 heteroatoms. The van der Waals surface area contributed by atoms with Crippen molar-refractivity contribution in [3.05, 3.63) is 48.4 Å². The van der Waals surface area contributed by atoms with Crippen molar-refractivity contribution in [3.8, 4) is 17.2 Å². The summed E-state index contributed by atoms with van der Waals surface area (Å²) in [6, 6.07) is 11.0. The van der Waals surface area contributed by atoms with Crippen LogP contribution in [0.3, 0.4) is 0 Å². The van der Waals surface area contributed by atoms with Gasteiger partial charge in [0.2, 0.25) is 5.91 Å². The minimum absolute atomic E-state index is 0.121. The van der Waals surface area contributed by atoms with E-state index in [1.54, 1.807) is 25.5 Å². The van der Waals surface area contributed by atoms with Crippen molar-refractivity contribution in [1.82, 2.24) is 5.32 Å². The molecule has 0 spiro atoms. The summed E-state index contributed by atoms with van der Waals surface area (Å²) in [5.74, 6) is -1.02. The zero-order valence-corrected chi connectivity index (χ0v) is 14.9. The number of nitrogens with one attached hydrogen (secondary N) is 1. The zero-order chi connectivity index (χ0) is 18.4. The summed E-state index contributed by atoms with van der Waals surface area (Å²) in [5, 5.41) is 10.5. The predicted octanol–water partition coefficient (Wildman–Crippen LogP) is 2.49. The average Bonchev–Trinajstić information content (AvgIpc) is 3.11. The lowest BCUT2D eigenvalue weighted by atomic mass is 9.91. The summed E-state index contributed by atoms with van der Waals surface area (Å²) >= 11 is 0. The largest absolute Gasteiger partial charge is 0.472 e. The van der Waals surface area contributed by atoms with E-state index >= 15 is 0 Å². The van der Waals surface area contributed by atoms with E-state index in [9.17, 15) is 13.2 Å². The molecule has 132 valence electrons. The molecule has 0 radical (unpaired) electrons. The second-order valence-electron chi connectivity index (χ2n) is 5.94. The fourth-order valence-electron chi connectivity index (χ4n) is 2.51. The van der Waals surface area contributed by atoms with Crippen LogP contribution in [0.1, 0.15) is 24.8 Å². The van der Waals surface area contributed by atoms with Gasteiger partial charge in [-0.2, -0.15) is 5.26 Å². The first-order valence-corrected chi connectivity index (χ1v) is 9.74. The van der Waals surface area contributed by atoms with Gasteiger partial charge in [0.1, 0.15) is 16.4 Å². The van der Waals surface area contributed by atoms with Crippen LogP contribution in [0.25, 0.3) is 11.1 Å². The molecule has 1 aromatic carbocycles. The Hall–Kier alpha value is -2.59. The molecule has 25 heavy (non-hydrogen) atoms. The number of carbonyl (C=O) groups excluding carboxylic acids is 1. The van der Waals surface area contributed by atoms with Crippen LogP contribution >= 0.6 is 0 Å². The predicted molar refractivity (Wildman–Crippen MR) is 94.4 cm³/mol. The molecule has 1 N–H and O–H groups in total. The Bertz CT molecular complexity index is 867. The summed E-state index contributed by atoms with van der Waals surface area (Å²) < 4.78 is 28.7. The molecular formula is C18H20N2O4S. The normalized spacial score (nSPS) is 13.6. The lowest BCUT2D eigenvalue weighted by Crippen LogP contribution is -2.32. The molecule has 2 rings (SSSR count). The number of nitrogens with zero attached hydrogens (tertiary/aromatic N) is 1. The lowest BCUT2D eigenvalue weighted by molar-refractivity contribution is -0.122. The minimum atomic E-state index is -3.27. The highest BCUT2D eigenvalue weighted by Crippen LogP contribution is 2.28. The highest BCUT2D eigenvalue weighted by atomic mass is 32.2. The van der Waals surface area contributed by atoms with E-state index in [-0.39, 0.29) is 18.9 Å². The minimum Gasteiger partial charge on any atom is -0.472 e. The monoisotopic (exact) mass is 360 g/mol. The molecule has 1 amide bonds. The third-order valence-electron chi connectivity index (χ3n) is 4.10. The van der Waals surface area contributed by atoms with Crippen LogP contribution in [-0.2, 0) is 14.6 Å². The summed E-state index contributed by atoms with van der Waals surface area (Å²) in [6.45, 7) is 1.46. The zero-order valence-electron chi connectivity index (χ0n) is 14.1.